The van der Waals surface area contributed by atoms with E-state index in [1.165, 1.54) is 57.8 Å². The number of hydrogen-bond acceptors (Lipinski definition) is 2. The largest absolute Gasteiger partial charge is 0.550 e. The molecule has 0 aliphatic carbocycles. The molecule has 0 fully saturated rings. The number of carboxylic acid groups (broad SMARTS) is 1. The Morgan fingerprint density at radius 3 is 1.72 bits per heavy atom. The highest BCUT2D eigenvalue weighted by molar-refractivity contribution is 5.63. The molecule has 2 nitrogen and oxygen atoms in total. The van der Waals surface area contributed by atoms with Crippen molar-refractivity contribution in [3.05, 3.63) is 12.2 Å². The van der Waals surface area contributed by atoms with Gasteiger partial charge in [0.05, 0.1) is 0 Å². The Balaban J connectivity index is 2.96. The van der Waals surface area contributed by atoms with E-state index in [9.17, 15) is 9.90 Å². The first-order valence-corrected chi connectivity index (χ1v) is 7.58. The highest BCUT2D eigenvalue weighted by Crippen LogP contribution is 2.11. The van der Waals surface area contributed by atoms with Gasteiger partial charge < -0.3 is 9.90 Å². The monoisotopic (exact) mass is 253 g/mol. The Kier molecular flexibility index (Phi) is 13.6. The SMILES string of the molecule is CC=CCCCCCCCCCCCCC(=O)[O-]. The van der Waals surface area contributed by atoms with Gasteiger partial charge in [0.25, 0.3) is 0 Å². The normalized spacial score (nSPS) is 11.2. The highest BCUT2D eigenvalue weighted by Gasteiger charge is 1.93. The zero-order valence-electron chi connectivity index (χ0n) is 12.0. The third-order valence-corrected chi connectivity index (χ3v) is 3.24. The molecule has 0 heterocycles. The second-order valence-electron chi connectivity index (χ2n) is 5.02. The fraction of sp³-hybridized carbons (Fsp3) is 0.812. The van der Waals surface area contributed by atoms with Gasteiger partial charge in [0.2, 0.25) is 0 Å². The highest BCUT2D eigenvalue weighted by atomic mass is 16.4. The van der Waals surface area contributed by atoms with Crippen LogP contribution in [0.4, 0.5) is 0 Å². The molecule has 0 aromatic rings. The number of carboxylic acids is 1. The standard InChI is InChI=1S/C16H30O2/c1-2-3-4-5-6-7-8-9-10-11-12-13-14-15-16(17)18/h2-3H,4-15H2,1H3,(H,17,18)/p-1. The van der Waals surface area contributed by atoms with Crippen LogP contribution in [0.3, 0.4) is 0 Å². The molecule has 0 aromatic heterocycles. The number of allylic oxidation sites excluding steroid dienone is 2. The Labute approximate surface area is 112 Å². The maximum atomic E-state index is 10.2. The first-order chi connectivity index (χ1) is 8.77. The average molecular weight is 253 g/mol. The summed E-state index contributed by atoms with van der Waals surface area (Å²) in [5.41, 5.74) is 0. The summed E-state index contributed by atoms with van der Waals surface area (Å²) in [4.78, 5) is 10.2. The number of rotatable bonds is 13. The zero-order valence-corrected chi connectivity index (χ0v) is 12.0. The third-order valence-electron chi connectivity index (χ3n) is 3.24. The van der Waals surface area contributed by atoms with Crippen molar-refractivity contribution in [2.24, 2.45) is 0 Å². The third kappa shape index (κ3) is 15.2. The van der Waals surface area contributed by atoms with Crippen LogP contribution in [0.2, 0.25) is 0 Å². The smallest absolute Gasteiger partial charge is 0.0414 e. The van der Waals surface area contributed by atoms with E-state index in [4.69, 9.17) is 0 Å². The minimum atomic E-state index is -0.909. The van der Waals surface area contributed by atoms with Crippen LogP contribution < -0.4 is 5.11 Å². The van der Waals surface area contributed by atoms with Gasteiger partial charge in [0.15, 0.2) is 0 Å². The van der Waals surface area contributed by atoms with Gasteiger partial charge in [0, 0.05) is 5.97 Å². The van der Waals surface area contributed by atoms with Gasteiger partial charge >= 0.3 is 0 Å². The molecule has 18 heavy (non-hydrogen) atoms. The van der Waals surface area contributed by atoms with Gasteiger partial charge in [-0.05, 0) is 32.6 Å². The van der Waals surface area contributed by atoms with Crippen molar-refractivity contribution >= 4 is 5.97 Å². The molecule has 0 radical (unpaired) electrons. The second kappa shape index (κ2) is 14.3. The zero-order chi connectivity index (χ0) is 13.5. The van der Waals surface area contributed by atoms with Gasteiger partial charge in [-0.2, -0.15) is 0 Å². The first-order valence-electron chi connectivity index (χ1n) is 7.58. The van der Waals surface area contributed by atoms with Crippen LogP contribution in [0.1, 0.15) is 84.0 Å². The van der Waals surface area contributed by atoms with Gasteiger partial charge in [-0.3, -0.25) is 0 Å². The van der Waals surface area contributed by atoms with Gasteiger partial charge in [-0.1, -0.05) is 63.5 Å². The summed E-state index contributed by atoms with van der Waals surface area (Å²) in [5.74, 6) is -0.909. The molecule has 0 N–H and O–H groups in total. The van der Waals surface area contributed by atoms with Crippen molar-refractivity contribution in [3.63, 3.8) is 0 Å². The Morgan fingerprint density at radius 2 is 1.28 bits per heavy atom. The van der Waals surface area contributed by atoms with Crippen molar-refractivity contribution < 1.29 is 9.90 Å². The Morgan fingerprint density at radius 1 is 0.833 bits per heavy atom. The molecule has 0 aromatic carbocycles. The minimum absolute atomic E-state index is 0.228. The summed E-state index contributed by atoms with van der Waals surface area (Å²) in [6, 6.07) is 0. The maximum Gasteiger partial charge on any atom is 0.0414 e. The lowest BCUT2D eigenvalue weighted by molar-refractivity contribution is -0.305. The molecule has 0 saturated heterocycles. The fourth-order valence-electron chi connectivity index (χ4n) is 2.11. The van der Waals surface area contributed by atoms with E-state index in [0.29, 0.717) is 0 Å². The van der Waals surface area contributed by atoms with E-state index in [0.717, 1.165) is 12.8 Å². The molecule has 0 rings (SSSR count). The van der Waals surface area contributed by atoms with E-state index in [1.807, 2.05) is 0 Å². The molecule has 0 aliphatic rings. The first kappa shape index (κ1) is 17.2. The van der Waals surface area contributed by atoms with Crippen molar-refractivity contribution in [1.29, 1.82) is 0 Å². The van der Waals surface area contributed by atoms with E-state index < -0.39 is 5.97 Å². The number of aliphatic carboxylic acids is 1. The summed E-state index contributed by atoms with van der Waals surface area (Å²) in [6.07, 6.45) is 18.1. The molecule has 0 saturated carbocycles. The molecule has 2 heteroatoms. The summed E-state index contributed by atoms with van der Waals surface area (Å²) < 4.78 is 0. The van der Waals surface area contributed by atoms with E-state index >= 15 is 0 Å². The average Bonchev–Trinajstić information content (AvgIpc) is 2.34. The van der Waals surface area contributed by atoms with Crippen molar-refractivity contribution in [2.45, 2.75) is 84.0 Å². The van der Waals surface area contributed by atoms with Crippen LogP contribution >= 0.6 is 0 Å². The van der Waals surface area contributed by atoms with Crippen LogP contribution in [0, 0.1) is 0 Å². The molecule has 0 amide bonds. The molecule has 0 unspecified atom stereocenters. The minimum Gasteiger partial charge on any atom is -0.550 e. The van der Waals surface area contributed by atoms with E-state index in [2.05, 4.69) is 19.1 Å². The van der Waals surface area contributed by atoms with Crippen LogP contribution in [0.25, 0.3) is 0 Å². The summed E-state index contributed by atoms with van der Waals surface area (Å²) >= 11 is 0. The van der Waals surface area contributed by atoms with Gasteiger partial charge in [-0.25, -0.2) is 0 Å². The van der Waals surface area contributed by atoms with Gasteiger partial charge in [-0.15, -0.1) is 0 Å². The van der Waals surface area contributed by atoms with E-state index in [-0.39, 0.29) is 6.42 Å². The summed E-state index contributed by atoms with van der Waals surface area (Å²) in [7, 11) is 0. The lowest BCUT2D eigenvalue weighted by Gasteiger charge is -2.03. The predicted molar refractivity (Wildman–Crippen MR) is 75.2 cm³/mol. The van der Waals surface area contributed by atoms with Crippen molar-refractivity contribution in [2.75, 3.05) is 0 Å². The maximum absolute atomic E-state index is 10.2. The van der Waals surface area contributed by atoms with Gasteiger partial charge in [0.1, 0.15) is 0 Å². The Hall–Kier alpha value is -0.790. The van der Waals surface area contributed by atoms with Crippen LogP contribution in [-0.4, -0.2) is 5.97 Å². The number of unbranched alkanes of at least 4 members (excludes halogenated alkanes) is 10. The number of carbonyl (C=O) groups excluding carboxylic acids is 1. The molecule has 0 bridgehead atoms. The number of carbonyl (C=O) groups is 1. The van der Waals surface area contributed by atoms with Crippen LogP contribution in [-0.2, 0) is 4.79 Å². The molecule has 106 valence electrons. The molecular formula is C16H29O2-. The van der Waals surface area contributed by atoms with Crippen molar-refractivity contribution in [3.8, 4) is 0 Å². The van der Waals surface area contributed by atoms with Crippen molar-refractivity contribution in [1.82, 2.24) is 0 Å². The summed E-state index contributed by atoms with van der Waals surface area (Å²) in [6.45, 7) is 2.08. The lowest BCUT2D eigenvalue weighted by atomic mass is 10.1. The molecule has 0 atom stereocenters. The topological polar surface area (TPSA) is 40.1 Å². The van der Waals surface area contributed by atoms with E-state index in [1.54, 1.807) is 0 Å². The van der Waals surface area contributed by atoms with Crippen LogP contribution in [0.15, 0.2) is 12.2 Å². The fourth-order valence-corrected chi connectivity index (χ4v) is 2.11. The summed E-state index contributed by atoms with van der Waals surface area (Å²) in [5, 5.41) is 10.2. The molecule has 0 aliphatic heterocycles. The second-order valence-corrected chi connectivity index (χ2v) is 5.02. The quantitative estimate of drug-likeness (QED) is 0.368. The number of hydrogen-bond donors (Lipinski definition) is 0. The predicted octanol–water partition coefficient (Wildman–Crippen LogP) is 3.99. The van der Waals surface area contributed by atoms with Crippen LogP contribution in [0.5, 0.6) is 0 Å². The molecule has 0 spiro atoms. The lowest BCUT2D eigenvalue weighted by Crippen LogP contribution is -2.21. The molecular weight excluding hydrogens is 224 g/mol. The Bertz CT molecular complexity index is 209.